The molecule has 1 N–H and O–H groups in total. The second-order valence-electron chi connectivity index (χ2n) is 2.63. The number of halogens is 1. The minimum atomic E-state index is -0.581. The van der Waals surface area contributed by atoms with Crippen LogP contribution in [0.15, 0.2) is 10.7 Å². The average Bonchev–Trinajstić information content (AvgIpc) is 2.29. The quantitative estimate of drug-likeness (QED) is 0.639. The molecule has 0 amide bonds. The molecule has 72 valence electrons. The van der Waals surface area contributed by atoms with E-state index in [1.54, 1.807) is 6.92 Å². The Balaban J connectivity index is 2.89. The van der Waals surface area contributed by atoms with E-state index < -0.39 is 11.0 Å². The highest BCUT2D eigenvalue weighted by atomic mass is 79.9. The molecule has 0 saturated heterocycles. The molecule has 1 aromatic heterocycles. The molecular formula is C6H8BrN3O3. The SMILES string of the molecule is C[C@H](O)Cn1cc(Br)c([N+](=O)[O-])n1. The second-order valence-corrected chi connectivity index (χ2v) is 3.48. The van der Waals surface area contributed by atoms with E-state index in [1.165, 1.54) is 10.9 Å². The molecule has 0 aliphatic carbocycles. The van der Waals surface area contributed by atoms with Crippen molar-refractivity contribution in [3.05, 3.63) is 20.8 Å². The minimum Gasteiger partial charge on any atom is -0.391 e. The van der Waals surface area contributed by atoms with E-state index in [-0.39, 0.29) is 12.4 Å². The maximum atomic E-state index is 10.4. The molecule has 0 aliphatic heterocycles. The van der Waals surface area contributed by atoms with Crippen molar-refractivity contribution < 1.29 is 10.0 Å². The normalized spacial score (nSPS) is 12.8. The van der Waals surface area contributed by atoms with E-state index in [9.17, 15) is 10.1 Å². The molecular weight excluding hydrogens is 242 g/mol. The Bertz CT molecular complexity index is 323. The van der Waals surface area contributed by atoms with Gasteiger partial charge in [-0.05, 0) is 27.8 Å². The third-order valence-corrected chi connectivity index (χ3v) is 1.88. The van der Waals surface area contributed by atoms with E-state index in [2.05, 4.69) is 21.0 Å². The molecule has 0 saturated carbocycles. The predicted octanol–water partition coefficient (Wildman–Crippen LogP) is 0.935. The summed E-state index contributed by atoms with van der Waals surface area (Å²) in [6, 6.07) is 0. The molecule has 0 fully saturated rings. The van der Waals surface area contributed by atoms with Crippen LogP contribution in [-0.2, 0) is 6.54 Å². The number of hydrogen-bond donors (Lipinski definition) is 1. The number of hydrogen-bond acceptors (Lipinski definition) is 4. The first-order valence-electron chi connectivity index (χ1n) is 3.56. The van der Waals surface area contributed by atoms with E-state index in [0.717, 1.165) is 0 Å². The summed E-state index contributed by atoms with van der Waals surface area (Å²) in [4.78, 5) is 9.78. The largest absolute Gasteiger partial charge is 0.404 e. The van der Waals surface area contributed by atoms with Gasteiger partial charge in [-0.1, -0.05) is 0 Å². The van der Waals surface area contributed by atoms with Crippen molar-refractivity contribution in [1.82, 2.24) is 9.78 Å². The Morgan fingerprint density at radius 3 is 2.92 bits per heavy atom. The molecule has 0 radical (unpaired) electrons. The molecule has 1 rings (SSSR count). The molecule has 0 bridgehead atoms. The van der Waals surface area contributed by atoms with Crippen LogP contribution in [0.4, 0.5) is 5.82 Å². The molecule has 0 spiro atoms. The lowest BCUT2D eigenvalue weighted by Crippen LogP contribution is -2.12. The highest BCUT2D eigenvalue weighted by Gasteiger charge is 2.18. The van der Waals surface area contributed by atoms with Gasteiger partial charge in [0.15, 0.2) is 0 Å². The Morgan fingerprint density at radius 2 is 2.54 bits per heavy atom. The van der Waals surface area contributed by atoms with Crippen molar-refractivity contribution in [3.8, 4) is 0 Å². The minimum absolute atomic E-state index is 0.236. The monoisotopic (exact) mass is 249 g/mol. The Hall–Kier alpha value is -0.950. The van der Waals surface area contributed by atoms with Crippen molar-refractivity contribution >= 4 is 21.7 Å². The topological polar surface area (TPSA) is 81.2 Å². The lowest BCUT2D eigenvalue weighted by Gasteiger charge is -1.98. The maximum Gasteiger partial charge on any atom is 0.404 e. The molecule has 0 aromatic carbocycles. The van der Waals surface area contributed by atoms with Gasteiger partial charge < -0.3 is 15.2 Å². The summed E-state index contributed by atoms with van der Waals surface area (Å²) in [7, 11) is 0. The van der Waals surface area contributed by atoms with Crippen LogP contribution in [0.3, 0.4) is 0 Å². The van der Waals surface area contributed by atoms with E-state index in [0.29, 0.717) is 4.47 Å². The third kappa shape index (κ3) is 2.49. The zero-order valence-corrected chi connectivity index (χ0v) is 8.43. The molecule has 6 nitrogen and oxygen atoms in total. The summed E-state index contributed by atoms with van der Waals surface area (Å²) in [6.45, 7) is 1.83. The number of nitro groups is 1. The zero-order valence-electron chi connectivity index (χ0n) is 6.85. The Morgan fingerprint density at radius 1 is 1.92 bits per heavy atom. The molecule has 1 heterocycles. The molecule has 7 heteroatoms. The predicted molar refractivity (Wildman–Crippen MR) is 48.3 cm³/mol. The second kappa shape index (κ2) is 3.84. The molecule has 1 atom stereocenters. The standard InChI is InChI=1S/C6H8BrN3O3/c1-4(11)2-9-3-5(7)6(8-9)10(12)13/h3-4,11H,2H2,1H3/t4-/m0/s1. The van der Waals surface area contributed by atoms with E-state index in [1.807, 2.05) is 0 Å². The van der Waals surface area contributed by atoms with Crippen molar-refractivity contribution in [2.75, 3.05) is 0 Å². The number of aliphatic hydroxyl groups is 1. The highest BCUT2D eigenvalue weighted by molar-refractivity contribution is 9.10. The van der Waals surface area contributed by atoms with Gasteiger partial charge in [-0.2, -0.15) is 4.68 Å². The number of aromatic nitrogens is 2. The fourth-order valence-corrected chi connectivity index (χ4v) is 1.34. The van der Waals surface area contributed by atoms with Crippen LogP contribution in [0.5, 0.6) is 0 Å². The van der Waals surface area contributed by atoms with Gasteiger partial charge in [-0.25, -0.2) is 0 Å². The summed E-state index contributed by atoms with van der Waals surface area (Å²) < 4.78 is 1.64. The fraction of sp³-hybridized carbons (Fsp3) is 0.500. The van der Waals surface area contributed by atoms with Gasteiger partial charge in [0.1, 0.15) is 4.47 Å². The van der Waals surface area contributed by atoms with Crippen LogP contribution in [0.25, 0.3) is 0 Å². The van der Waals surface area contributed by atoms with Crippen LogP contribution in [0, 0.1) is 10.1 Å². The summed E-state index contributed by atoms with van der Waals surface area (Å²) in [5.74, 6) is -0.236. The van der Waals surface area contributed by atoms with Gasteiger partial charge in [-0.15, -0.1) is 0 Å². The first-order chi connectivity index (χ1) is 6.00. The van der Waals surface area contributed by atoms with Gasteiger partial charge in [0, 0.05) is 0 Å². The summed E-state index contributed by atoms with van der Waals surface area (Å²) in [6.07, 6.45) is 0.886. The van der Waals surface area contributed by atoms with Crippen molar-refractivity contribution in [3.63, 3.8) is 0 Å². The molecule has 0 unspecified atom stereocenters. The fourth-order valence-electron chi connectivity index (χ4n) is 0.875. The van der Waals surface area contributed by atoms with Crippen molar-refractivity contribution in [2.24, 2.45) is 0 Å². The van der Waals surface area contributed by atoms with Crippen LogP contribution in [0.2, 0.25) is 0 Å². The van der Waals surface area contributed by atoms with Gasteiger partial charge in [0.25, 0.3) is 0 Å². The third-order valence-electron chi connectivity index (χ3n) is 1.32. The number of nitrogens with zero attached hydrogens (tertiary/aromatic N) is 3. The highest BCUT2D eigenvalue weighted by Crippen LogP contribution is 2.21. The Labute approximate surface area is 82.4 Å². The molecule has 0 aliphatic rings. The lowest BCUT2D eigenvalue weighted by atomic mass is 10.4. The van der Waals surface area contributed by atoms with Gasteiger partial charge in [-0.3, -0.25) is 0 Å². The number of rotatable bonds is 3. The van der Waals surface area contributed by atoms with Crippen LogP contribution in [0.1, 0.15) is 6.92 Å². The van der Waals surface area contributed by atoms with Crippen LogP contribution < -0.4 is 0 Å². The van der Waals surface area contributed by atoms with Crippen molar-refractivity contribution in [1.29, 1.82) is 0 Å². The van der Waals surface area contributed by atoms with E-state index >= 15 is 0 Å². The van der Waals surface area contributed by atoms with E-state index in [4.69, 9.17) is 5.11 Å². The van der Waals surface area contributed by atoms with Crippen LogP contribution >= 0.6 is 15.9 Å². The number of aliphatic hydroxyl groups excluding tert-OH is 1. The van der Waals surface area contributed by atoms with Gasteiger partial charge >= 0.3 is 5.82 Å². The molecule has 1 aromatic rings. The smallest absolute Gasteiger partial charge is 0.391 e. The summed E-state index contributed by atoms with van der Waals surface area (Å²) >= 11 is 3.00. The van der Waals surface area contributed by atoms with Gasteiger partial charge in [0.05, 0.1) is 23.9 Å². The first-order valence-corrected chi connectivity index (χ1v) is 4.35. The summed E-state index contributed by atoms with van der Waals surface area (Å²) in [5, 5.41) is 23.0. The summed E-state index contributed by atoms with van der Waals surface area (Å²) in [5.41, 5.74) is 0. The average molecular weight is 250 g/mol. The first kappa shape index (κ1) is 10.1. The lowest BCUT2D eigenvalue weighted by molar-refractivity contribution is -0.390. The molecule has 13 heavy (non-hydrogen) atoms. The van der Waals surface area contributed by atoms with Crippen molar-refractivity contribution in [2.45, 2.75) is 19.6 Å². The zero-order chi connectivity index (χ0) is 10.0. The Kier molecular flexibility index (Phi) is 2.99. The maximum absolute atomic E-state index is 10.4. The van der Waals surface area contributed by atoms with Gasteiger partial charge in [0.2, 0.25) is 0 Å². The van der Waals surface area contributed by atoms with Crippen LogP contribution in [-0.4, -0.2) is 25.9 Å².